The molecule has 5 rings (SSSR count). The first kappa shape index (κ1) is 16.0. The number of methoxy groups -OCH3 is 1. The van der Waals surface area contributed by atoms with Gasteiger partial charge in [-0.2, -0.15) is 0 Å². The minimum Gasteiger partial charge on any atom is -0.377 e. The number of fused-ring (bicyclic) bond motifs is 1. The molecule has 0 atom stereocenters. The molecule has 1 aliphatic rings. The number of nitrogens with zero attached hydrogens (tertiary/aromatic N) is 6. The lowest BCUT2D eigenvalue weighted by Gasteiger charge is -2.08. The van der Waals surface area contributed by atoms with Gasteiger partial charge in [-0.1, -0.05) is 0 Å². The standard InChI is InChI=1S/C20H18N6O/c1-27-12-18-24-20(16-11-14(6-9-22-16)13-4-5-13)26(25-18)17-7-10-21-15-3-2-8-23-19(15)17/h2-3,6-11,13H,4-5,12H2,1H3. The van der Waals surface area contributed by atoms with Gasteiger partial charge in [-0.05, 0) is 54.7 Å². The van der Waals surface area contributed by atoms with E-state index in [1.807, 2.05) is 24.4 Å². The number of rotatable bonds is 5. The third-order valence-corrected chi connectivity index (χ3v) is 4.69. The van der Waals surface area contributed by atoms with Crippen molar-refractivity contribution in [3.05, 3.63) is 60.3 Å². The number of pyridine rings is 3. The van der Waals surface area contributed by atoms with Crippen molar-refractivity contribution in [3.8, 4) is 17.2 Å². The van der Waals surface area contributed by atoms with Gasteiger partial charge < -0.3 is 4.74 Å². The molecule has 7 heteroatoms. The summed E-state index contributed by atoms with van der Waals surface area (Å²) in [5, 5.41) is 4.66. The fraction of sp³-hybridized carbons (Fsp3) is 0.250. The molecule has 4 aromatic rings. The van der Waals surface area contributed by atoms with Gasteiger partial charge in [0.2, 0.25) is 0 Å². The highest BCUT2D eigenvalue weighted by molar-refractivity contribution is 5.83. The van der Waals surface area contributed by atoms with Crippen LogP contribution in [0.1, 0.15) is 30.1 Å². The lowest BCUT2D eigenvalue weighted by molar-refractivity contribution is 0.178. The minimum absolute atomic E-state index is 0.332. The van der Waals surface area contributed by atoms with Crippen LogP contribution in [-0.2, 0) is 11.3 Å². The van der Waals surface area contributed by atoms with E-state index in [-0.39, 0.29) is 0 Å². The van der Waals surface area contributed by atoms with Crippen LogP contribution in [0, 0.1) is 0 Å². The van der Waals surface area contributed by atoms with E-state index in [4.69, 9.17) is 9.72 Å². The van der Waals surface area contributed by atoms with Crippen LogP contribution in [0.15, 0.2) is 48.9 Å². The molecule has 0 aromatic carbocycles. The fourth-order valence-electron chi connectivity index (χ4n) is 3.25. The molecule has 7 nitrogen and oxygen atoms in total. The molecule has 4 aromatic heterocycles. The summed E-state index contributed by atoms with van der Waals surface area (Å²) in [5.74, 6) is 1.93. The zero-order valence-electron chi connectivity index (χ0n) is 14.9. The van der Waals surface area contributed by atoms with Crippen LogP contribution >= 0.6 is 0 Å². The third kappa shape index (κ3) is 2.96. The maximum Gasteiger partial charge on any atom is 0.182 e. The van der Waals surface area contributed by atoms with Gasteiger partial charge >= 0.3 is 0 Å². The minimum atomic E-state index is 0.332. The summed E-state index contributed by atoms with van der Waals surface area (Å²) in [6, 6.07) is 9.91. The molecule has 0 saturated heterocycles. The molecule has 0 bridgehead atoms. The van der Waals surface area contributed by atoms with Crippen molar-refractivity contribution in [2.45, 2.75) is 25.4 Å². The van der Waals surface area contributed by atoms with E-state index in [1.165, 1.54) is 18.4 Å². The summed E-state index contributed by atoms with van der Waals surface area (Å²) in [4.78, 5) is 18.1. The lowest BCUT2D eigenvalue weighted by Crippen LogP contribution is -2.03. The number of ether oxygens (including phenoxy) is 1. The molecule has 0 amide bonds. The van der Waals surface area contributed by atoms with Crippen molar-refractivity contribution < 1.29 is 4.74 Å². The summed E-state index contributed by atoms with van der Waals surface area (Å²) in [6.45, 7) is 0.332. The molecule has 0 unspecified atom stereocenters. The molecule has 0 N–H and O–H groups in total. The van der Waals surface area contributed by atoms with E-state index in [2.05, 4.69) is 32.2 Å². The average Bonchev–Trinajstić information content (AvgIpc) is 3.48. The molecule has 4 heterocycles. The first-order valence-electron chi connectivity index (χ1n) is 8.95. The Labute approximate surface area is 156 Å². The Balaban J connectivity index is 1.71. The van der Waals surface area contributed by atoms with Gasteiger partial charge in [0.05, 0.1) is 11.2 Å². The first-order valence-corrected chi connectivity index (χ1v) is 8.95. The Morgan fingerprint density at radius 1 is 1.07 bits per heavy atom. The molecule has 134 valence electrons. The Bertz CT molecular complexity index is 1110. The molecule has 0 aliphatic heterocycles. The second-order valence-electron chi connectivity index (χ2n) is 6.65. The number of hydrogen-bond donors (Lipinski definition) is 0. The Hall–Kier alpha value is -3.19. The quantitative estimate of drug-likeness (QED) is 0.545. The van der Waals surface area contributed by atoms with Gasteiger partial charge in [0.25, 0.3) is 0 Å². The molecule has 1 saturated carbocycles. The maximum absolute atomic E-state index is 5.24. The number of hydrogen-bond acceptors (Lipinski definition) is 6. The van der Waals surface area contributed by atoms with Gasteiger partial charge in [-0.25, -0.2) is 9.67 Å². The highest BCUT2D eigenvalue weighted by atomic mass is 16.5. The normalized spacial score (nSPS) is 14.0. The van der Waals surface area contributed by atoms with Crippen LogP contribution in [0.25, 0.3) is 28.2 Å². The van der Waals surface area contributed by atoms with Crippen molar-refractivity contribution in [1.82, 2.24) is 29.7 Å². The predicted molar refractivity (Wildman–Crippen MR) is 100 cm³/mol. The summed E-state index contributed by atoms with van der Waals surface area (Å²) in [5.41, 5.74) is 4.51. The van der Waals surface area contributed by atoms with Crippen LogP contribution in [0.4, 0.5) is 0 Å². The van der Waals surface area contributed by atoms with Crippen LogP contribution < -0.4 is 0 Å². The second kappa shape index (κ2) is 6.51. The first-order chi connectivity index (χ1) is 13.3. The monoisotopic (exact) mass is 358 g/mol. The van der Waals surface area contributed by atoms with E-state index in [0.29, 0.717) is 24.2 Å². The maximum atomic E-state index is 5.24. The van der Waals surface area contributed by atoms with Crippen molar-refractivity contribution in [2.24, 2.45) is 0 Å². The topological polar surface area (TPSA) is 78.6 Å². The molecule has 0 spiro atoms. The van der Waals surface area contributed by atoms with Crippen molar-refractivity contribution >= 4 is 11.0 Å². The Morgan fingerprint density at radius 3 is 2.81 bits per heavy atom. The van der Waals surface area contributed by atoms with E-state index in [9.17, 15) is 0 Å². The summed E-state index contributed by atoms with van der Waals surface area (Å²) in [7, 11) is 1.63. The molecular formula is C20H18N6O. The van der Waals surface area contributed by atoms with E-state index < -0.39 is 0 Å². The molecule has 1 fully saturated rings. The van der Waals surface area contributed by atoms with Crippen LogP contribution in [0.3, 0.4) is 0 Å². The zero-order valence-corrected chi connectivity index (χ0v) is 14.9. The lowest BCUT2D eigenvalue weighted by atomic mass is 10.1. The van der Waals surface area contributed by atoms with Gasteiger partial charge in [0.1, 0.15) is 17.8 Å². The van der Waals surface area contributed by atoms with E-state index in [0.717, 1.165) is 22.4 Å². The Morgan fingerprint density at radius 2 is 1.96 bits per heavy atom. The fourth-order valence-corrected chi connectivity index (χ4v) is 3.25. The highest BCUT2D eigenvalue weighted by Crippen LogP contribution is 2.40. The van der Waals surface area contributed by atoms with Crippen molar-refractivity contribution in [1.29, 1.82) is 0 Å². The molecule has 0 radical (unpaired) electrons. The van der Waals surface area contributed by atoms with E-state index in [1.54, 1.807) is 24.2 Å². The van der Waals surface area contributed by atoms with E-state index >= 15 is 0 Å². The van der Waals surface area contributed by atoms with Gasteiger partial charge in [-0.3, -0.25) is 15.0 Å². The van der Waals surface area contributed by atoms with Crippen LogP contribution in [-0.4, -0.2) is 36.8 Å². The average molecular weight is 358 g/mol. The van der Waals surface area contributed by atoms with Gasteiger partial charge in [0, 0.05) is 25.7 Å². The third-order valence-electron chi connectivity index (χ3n) is 4.69. The zero-order chi connectivity index (χ0) is 18.2. The summed E-state index contributed by atoms with van der Waals surface area (Å²) < 4.78 is 7.04. The van der Waals surface area contributed by atoms with Crippen LogP contribution in [0.5, 0.6) is 0 Å². The number of aromatic nitrogens is 6. The van der Waals surface area contributed by atoms with Crippen molar-refractivity contribution in [2.75, 3.05) is 7.11 Å². The molecular weight excluding hydrogens is 340 g/mol. The SMILES string of the molecule is COCc1nc(-c2cc(C3CC3)ccn2)n(-c2ccnc3cccnc23)n1. The smallest absolute Gasteiger partial charge is 0.182 e. The molecule has 27 heavy (non-hydrogen) atoms. The highest BCUT2D eigenvalue weighted by Gasteiger charge is 2.25. The van der Waals surface area contributed by atoms with Crippen LogP contribution in [0.2, 0.25) is 0 Å². The summed E-state index contributed by atoms with van der Waals surface area (Å²) in [6.07, 6.45) is 7.84. The predicted octanol–water partition coefficient (Wildman–Crippen LogP) is 3.30. The van der Waals surface area contributed by atoms with Gasteiger partial charge in [0.15, 0.2) is 11.6 Å². The van der Waals surface area contributed by atoms with Gasteiger partial charge in [-0.15, -0.1) is 5.10 Å². The summed E-state index contributed by atoms with van der Waals surface area (Å²) >= 11 is 0. The second-order valence-corrected chi connectivity index (χ2v) is 6.65. The molecule has 1 aliphatic carbocycles. The van der Waals surface area contributed by atoms with Crippen molar-refractivity contribution in [3.63, 3.8) is 0 Å². The Kier molecular flexibility index (Phi) is 3.86. The largest absolute Gasteiger partial charge is 0.377 e.